The van der Waals surface area contributed by atoms with E-state index in [1.165, 1.54) is 0 Å². The van der Waals surface area contributed by atoms with Gasteiger partial charge in [0.15, 0.2) is 0 Å². The first-order valence-electron chi connectivity index (χ1n) is 6.01. The Hall–Kier alpha value is -1.86. The lowest BCUT2D eigenvalue weighted by atomic mass is 10.0. The maximum atomic E-state index is 10.6. The molecule has 0 amide bonds. The number of hydrogen-bond donors (Lipinski definition) is 1. The smallest absolute Gasteiger partial charge is 0.304 e. The second kappa shape index (κ2) is 6.77. The molecule has 4 nitrogen and oxygen atoms in total. The highest BCUT2D eigenvalue weighted by atomic mass is 16.4. The molecular formula is C14H18N2O2. The highest BCUT2D eigenvalue weighted by Gasteiger charge is 2.20. The van der Waals surface area contributed by atoms with Crippen molar-refractivity contribution in [2.45, 2.75) is 26.3 Å². The monoisotopic (exact) mass is 246 g/mol. The summed E-state index contributed by atoms with van der Waals surface area (Å²) in [6, 6.07) is 9.61. The van der Waals surface area contributed by atoms with Crippen LogP contribution in [-0.4, -0.2) is 29.1 Å². The van der Waals surface area contributed by atoms with Gasteiger partial charge in [0.05, 0.1) is 12.5 Å². The van der Waals surface area contributed by atoms with Gasteiger partial charge in [-0.15, -0.1) is 0 Å². The number of nitriles is 1. The van der Waals surface area contributed by atoms with Crippen molar-refractivity contribution in [2.24, 2.45) is 0 Å². The van der Waals surface area contributed by atoms with Crippen molar-refractivity contribution in [2.75, 3.05) is 13.1 Å². The molecule has 0 radical (unpaired) electrons. The Morgan fingerprint density at radius 2 is 2.17 bits per heavy atom. The number of rotatable bonds is 6. The predicted octanol–water partition coefficient (Wildman–Crippen LogP) is 2.36. The molecule has 0 aliphatic carbocycles. The van der Waals surface area contributed by atoms with E-state index in [-0.39, 0.29) is 12.5 Å². The van der Waals surface area contributed by atoms with Crippen molar-refractivity contribution < 1.29 is 9.90 Å². The number of nitrogens with zero attached hydrogens (tertiary/aromatic N) is 2. The molecule has 1 aromatic rings. The molecule has 0 heterocycles. The van der Waals surface area contributed by atoms with Gasteiger partial charge in [-0.25, -0.2) is 0 Å². The summed E-state index contributed by atoms with van der Waals surface area (Å²) in [5, 5.41) is 18.1. The molecule has 0 fully saturated rings. The molecule has 0 aliphatic rings. The average molecular weight is 246 g/mol. The molecule has 1 N–H and O–H groups in total. The summed E-state index contributed by atoms with van der Waals surface area (Å²) < 4.78 is 0. The minimum absolute atomic E-state index is 0.0535. The third-order valence-corrected chi connectivity index (χ3v) is 2.99. The predicted molar refractivity (Wildman–Crippen MR) is 69.0 cm³/mol. The molecule has 1 rings (SSSR count). The molecule has 18 heavy (non-hydrogen) atoms. The van der Waals surface area contributed by atoms with E-state index in [1.54, 1.807) is 0 Å². The lowest BCUT2D eigenvalue weighted by Gasteiger charge is -2.26. The number of hydrogen-bond acceptors (Lipinski definition) is 3. The molecular weight excluding hydrogens is 228 g/mol. The molecule has 4 heteroatoms. The van der Waals surface area contributed by atoms with E-state index in [0.717, 1.165) is 11.1 Å². The lowest BCUT2D eigenvalue weighted by molar-refractivity contribution is -0.137. The van der Waals surface area contributed by atoms with E-state index in [2.05, 4.69) is 6.07 Å². The maximum absolute atomic E-state index is 10.6. The maximum Gasteiger partial charge on any atom is 0.304 e. The third kappa shape index (κ3) is 3.57. The topological polar surface area (TPSA) is 64.3 Å². The van der Waals surface area contributed by atoms with Gasteiger partial charge in [-0.2, -0.15) is 5.26 Å². The van der Waals surface area contributed by atoms with Gasteiger partial charge in [0, 0.05) is 6.54 Å². The third-order valence-electron chi connectivity index (χ3n) is 2.99. The molecule has 96 valence electrons. The van der Waals surface area contributed by atoms with Crippen LogP contribution in [-0.2, 0) is 4.79 Å². The normalized spacial score (nSPS) is 12.1. The van der Waals surface area contributed by atoms with Crippen molar-refractivity contribution in [3.8, 4) is 6.07 Å². The first-order valence-corrected chi connectivity index (χ1v) is 6.01. The van der Waals surface area contributed by atoms with Crippen LogP contribution in [0.4, 0.5) is 0 Å². The van der Waals surface area contributed by atoms with Crippen molar-refractivity contribution in [3.05, 3.63) is 35.4 Å². The molecule has 1 atom stereocenters. The van der Waals surface area contributed by atoms with E-state index in [1.807, 2.05) is 43.0 Å². The highest BCUT2D eigenvalue weighted by Crippen LogP contribution is 2.23. The summed E-state index contributed by atoms with van der Waals surface area (Å²) >= 11 is 0. The number of aryl methyl sites for hydroxylation is 1. The minimum Gasteiger partial charge on any atom is -0.481 e. The van der Waals surface area contributed by atoms with E-state index in [9.17, 15) is 10.1 Å². The zero-order valence-corrected chi connectivity index (χ0v) is 10.8. The van der Waals surface area contributed by atoms with Crippen LogP contribution in [0.2, 0.25) is 0 Å². The second-order valence-corrected chi connectivity index (χ2v) is 4.16. The minimum atomic E-state index is -0.838. The van der Waals surface area contributed by atoms with Gasteiger partial charge in [0.1, 0.15) is 6.04 Å². The van der Waals surface area contributed by atoms with Gasteiger partial charge < -0.3 is 5.11 Å². The molecule has 0 bridgehead atoms. The van der Waals surface area contributed by atoms with Crippen LogP contribution in [0.3, 0.4) is 0 Å². The quantitative estimate of drug-likeness (QED) is 0.836. The lowest BCUT2D eigenvalue weighted by Crippen LogP contribution is -2.30. The van der Waals surface area contributed by atoms with Crippen molar-refractivity contribution in [3.63, 3.8) is 0 Å². The van der Waals surface area contributed by atoms with Crippen molar-refractivity contribution >= 4 is 5.97 Å². The van der Waals surface area contributed by atoms with Crippen LogP contribution in [0, 0.1) is 18.3 Å². The van der Waals surface area contributed by atoms with E-state index >= 15 is 0 Å². The van der Waals surface area contributed by atoms with Crippen LogP contribution >= 0.6 is 0 Å². The summed E-state index contributed by atoms with van der Waals surface area (Å²) in [6.45, 7) is 4.94. The Kier molecular flexibility index (Phi) is 5.34. The molecule has 0 spiro atoms. The Morgan fingerprint density at radius 1 is 1.50 bits per heavy atom. The number of carboxylic acid groups (broad SMARTS) is 1. The van der Waals surface area contributed by atoms with Crippen molar-refractivity contribution in [1.82, 2.24) is 4.90 Å². The molecule has 0 aliphatic heterocycles. The van der Waals surface area contributed by atoms with E-state index in [0.29, 0.717) is 13.1 Å². The first-order chi connectivity index (χ1) is 8.60. The zero-order valence-electron chi connectivity index (χ0n) is 10.8. The standard InChI is InChI=1S/C14H18N2O2/c1-3-16(9-8-14(17)18)13(10-15)12-7-5-4-6-11(12)2/h4-7,13H,3,8-9H2,1-2H3,(H,17,18). The number of carboxylic acids is 1. The fraction of sp³-hybridized carbons (Fsp3) is 0.429. The fourth-order valence-corrected chi connectivity index (χ4v) is 1.95. The highest BCUT2D eigenvalue weighted by molar-refractivity contribution is 5.66. The summed E-state index contributed by atoms with van der Waals surface area (Å²) in [4.78, 5) is 12.5. The van der Waals surface area contributed by atoms with Gasteiger partial charge in [0.25, 0.3) is 0 Å². The summed E-state index contributed by atoms with van der Waals surface area (Å²) in [5.41, 5.74) is 2.00. The Labute approximate surface area is 107 Å². The van der Waals surface area contributed by atoms with E-state index in [4.69, 9.17) is 5.11 Å². The van der Waals surface area contributed by atoms with Crippen LogP contribution in [0.25, 0.3) is 0 Å². The SMILES string of the molecule is CCN(CCC(=O)O)C(C#N)c1ccccc1C. The Bertz CT molecular complexity index is 451. The van der Waals surface area contributed by atoms with Gasteiger partial charge in [0.2, 0.25) is 0 Å². The first kappa shape index (κ1) is 14.2. The van der Waals surface area contributed by atoms with E-state index < -0.39 is 5.97 Å². The second-order valence-electron chi connectivity index (χ2n) is 4.16. The molecule has 1 unspecified atom stereocenters. The average Bonchev–Trinajstić information content (AvgIpc) is 2.35. The largest absolute Gasteiger partial charge is 0.481 e. The molecule has 0 saturated carbocycles. The number of aliphatic carboxylic acids is 1. The fourth-order valence-electron chi connectivity index (χ4n) is 1.95. The number of benzene rings is 1. The van der Waals surface area contributed by atoms with Gasteiger partial charge in [-0.3, -0.25) is 9.69 Å². The van der Waals surface area contributed by atoms with Crippen LogP contribution in [0.1, 0.15) is 30.5 Å². The summed E-state index contributed by atoms with van der Waals surface area (Å²) in [7, 11) is 0. The van der Waals surface area contributed by atoms with Gasteiger partial charge >= 0.3 is 5.97 Å². The van der Waals surface area contributed by atoms with Gasteiger partial charge in [-0.1, -0.05) is 31.2 Å². The van der Waals surface area contributed by atoms with Crippen molar-refractivity contribution in [1.29, 1.82) is 5.26 Å². The van der Waals surface area contributed by atoms with Crippen LogP contribution < -0.4 is 0 Å². The summed E-state index contributed by atoms with van der Waals surface area (Å²) in [6.07, 6.45) is 0.0535. The number of carbonyl (C=O) groups is 1. The molecule has 1 aromatic carbocycles. The summed E-state index contributed by atoms with van der Waals surface area (Å²) in [5.74, 6) is -0.838. The Morgan fingerprint density at radius 3 is 2.67 bits per heavy atom. The molecule has 0 saturated heterocycles. The Balaban J connectivity index is 2.91. The van der Waals surface area contributed by atoms with Crippen LogP contribution in [0.5, 0.6) is 0 Å². The molecule has 0 aromatic heterocycles. The zero-order chi connectivity index (χ0) is 13.5. The van der Waals surface area contributed by atoms with Gasteiger partial charge in [-0.05, 0) is 24.6 Å². The van der Waals surface area contributed by atoms with Crippen LogP contribution in [0.15, 0.2) is 24.3 Å².